The molecule has 0 spiro atoms. The minimum atomic E-state index is -0.100. The van der Waals surface area contributed by atoms with Crippen LogP contribution in [0.4, 0.5) is 5.82 Å². The highest BCUT2D eigenvalue weighted by atomic mass is 79.9. The van der Waals surface area contributed by atoms with E-state index >= 15 is 0 Å². The number of hydrogen-bond acceptors (Lipinski definition) is 3. The molecule has 6 heteroatoms. The topological polar surface area (TPSA) is 34.1 Å². The summed E-state index contributed by atoms with van der Waals surface area (Å²) in [6.45, 7) is 1.05. The molecule has 1 aromatic heterocycles. The Hall–Kier alpha value is -0.0300. The van der Waals surface area contributed by atoms with Crippen molar-refractivity contribution in [2.75, 3.05) is 25.6 Å². The Morgan fingerprint density at radius 3 is 3.00 bits per heavy atom. The van der Waals surface area contributed by atoms with E-state index in [-0.39, 0.29) is 5.38 Å². The van der Waals surface area contributed by atoms with E-state index < -0.39 is 0 Å². The smallest absolute Gasteiger partial charge is 0.144 e. The van der Waals surface area contributed by atoms with Crippen molar-refractivity contribution in [1.82, 2.24) is 4.98 Å². The van der Waals surface area contributed by atoms with Crippen molar-refractivity contribution in [2.24, 2.45) is 0 Å². The van der Waals surface area contributed by atoms with Crippen LogP contribution in [0.5, 0.6) is 0 Å². The van der Waals surface area contributed by atoms with Crippen LogP contribution in [-0.2, 0) is 4.74 Å². The van der Waals surface area contributed by atoms with Gasteiger partial charge in [0.05, 0.1) is 17.0 Å². The average Bonchev–Trinajstić information content (AvgIpc) is 2.17. The average molecular weight is 314 g/mol. The van der Waals surface area contributed by atoms with Crippen LogP contribution in [0, 0.1) is 0 Å². The summed E-state index contributed by atoms with van der Waals surface area (Å²) in [5.41, 5.74) is 0. The maximum absolute atomic E-state index is 5.96. The Morgan fingerprint density at radius 1 is 1.67 bits per heavy atom. The molecule has 1 aromatic rings. The van der Waals surface area contributed by atoms with Gasteiger partial charge in [-0.3, -0.25) is 0 Å². The van der Waals surface area contributed by atoms with Crippen molar-refractivity contribution in [3.05, 3.63) is 21.8 Å². The summed E-state index contributed by atoms with van der Waals surface area (Å²) >= 11 is 15.2. The van der Waals surface area contributed by atoms with E-state index in [4.69, 9.17) is 27.9 Å². The Morgan fingerprint density at radius 2 is 2.40 bits per heavy atom. The summed E-state index contributed by atoms with van der Waals surface area (Å²) < 4.78 is 5.75. The molecule has 0 aromatic carbocycles. The predicted octanol–water partition coefficient (Wildman–Crippen LogP) is 3.16. The van der Waals surface area contributed by atoms with Crippen molar-refractivity contribution in [2.45, 2.75) is 5.38 Å². The van der Waals surface area contributed by atoms with Gasteiger partial charge in [-0.15, -0.1) is 11.6 Å². The Bertz CT molecular complexity index is 325. The molecule has 15 heavy (non-hydrogen) atoms. The summed E-state index contributed by atoms with van der Waals surface area (Å²) in [5, 5.41) is 3.51. The minimum Gasteiger partial charge on any atom is -0.383 e. The zero-order valence-electron chi connectivity index (χ0n) is 8.14. The molecule has 1 atom stereocenters. The van der Waals surface area contributed by atoms with Crippen LogP contribution in [0.3, 0.4) is 0 Å². The standard InChI is InChI=1S/C9H11BrCl2N2O/c1-15-5-7(11)4-14-9-8(12)2-6(10)3-13-9/h2-3,7H,4-5H2,1H3,(H,13,14). The fourth-order valence-corrected chi connectivity index (χ4v) is 1.89. The second-order valence-corrected chi connectivity index (χ2v) is 4.86. The number of hydrogen-bond donors (Lipinski definition) is 1. The molecule has 0 aliphatic heterocycles. The van der Waals surface area contributed by atoms with Crippen LogP contribution in [0.25, 0.3) is 0 Å². The van der Waals surface area contributed by atoms with Gasteiger partial charge in [0.15, 0.2) is 0 Å². The number of nitrogens with zero attached hydrogens (tertiary/aromatic N) is 1. The number of rotatable bonds is 5. The maximum atomic E-state index is 5.96. The Balaban J connectivity index is 2.50. The lowest BCUT2D eigenvalue weighted by atomic mass is 10.4. The molecule has 0 amide bonds. The Kier molecular flexibility index (Phi) is 5.68. The second kappa shape index (κ2) is 6.53. The monoisotopic (exact) mass is 312 g/mol. The fourth-order valence-electron chi connectivity index (χ4n) is 0.992. The first-order chi connectivity index (χ1) is 7.13. The van der Waals surface area contributed by atoms with Crippen LogP contribution >= 0.6 is 39.1 Å². The zero-order chi connectivity index (χ0) is 11.3. The van der Waals surface area contributed by atoms with Gasteiger partial charge < -0.3 is 10.1 Å². The highest BCUT2D eigenvalue weighted by Gasteiger charge is 2.06. The Labute approximate surface area is 107 Å². The fraction of sp³-hybridized carbons (Fsp3) is 0.444. The van der Waals surface area contributed by atoms with Gasteiger partial charge in [-0.1, -0.05) is 11.6 Å². The third kappa shape index (κ3) is 4.55. The van der Waals surface area contributed by atoms with Crippen LogP contribution in [-0.4, -0.2) is 30.6 Å². The molecular weight excluding hydrogens is 303 g/mol. The van der Waals surface area contributed by atoms with Gasteiger partial charge in [0, 0.05) is 24.3 Å². The first-order valence-corrected chi connectivity index (χ1v) is 5.92. The summed E-state index contributed by atoms with van der Waals surface area (Å²) in [4.78, 5) is 4.12. The lowest BCUT2D eigenvalue weighted by Crippen LogP contribution is -2.19. The van der Waals surface area contributed by atoms with Crippen molar-refractivity contribution in [1.29, 1.82) is 0 Å². The summed E-state index contributed by atoms with van der Waals surface area (Å²) in [7, 11) is 1.61. The molecule has 0 radical (unpaired) electrons. The van der Waals surface area contributed by atoms with Crippen molar-refractivity contribution in [3.63, 3.8) is 0 Å². The largest absolute Gasteiger partial charge is 0.383 e. The van der Waals surface area contributed by atoms with E-state index in [0.29, 0.717) is 24.0 Å². The lowest BCUT2D eigenvalue weighted by Gasteiger charge is -2.11. The molecule has 1 rings (SSSR count). The number of nitrogens with one attached hydrogen (secondary N) is 1. The number of anilines is 1. The maximum Gasteiger partial charge on any atom is 0.144 e. The molecule has 0 saturated carbocycles. The van der Waals surface area contributed by atoms with Gasteiger partial charge in [-0.25, -0.2) is 4.98 Å². The summed E-state index contributed by atoms with van der Waals surface area (Å²) in [5.74, 6) is 0.626. The third-order valence-corrected chi connectivity index (χ3v) is 2.65. The van der Waals surface area contributed by atoms with Gasteiger partial charge >= 0.3 is 0 Å². The summed E-state index contributed by atoms with van der Waals surface area (Å²) in [6.07, 6.45) is 1.67. The van der Waals surface area contributed by atoms with Crippen LogP contribution in [0.15, 0.2) is 16.7 Å². The molecule has 1 heterocycles. The normalized spacial score (nSPS) is 12.5. The zero-order valence-corrected chi connectivity index (χ0v) is 11.2. The molecule has 1 N–H and O–H groups in total. The quantitative estimate of drug-likeness (QED) is 0.848. The number of ether oxygens (including phenoxy) is 1. The molecule has 0 bridgehead atoms. The van der Waals surface area contributed by atoms with E-state index in [2.05, 4.69) is 26.2 Å². The SMILES string of the molecule is COCC(Cl)CNc1ncc(Br)cc1Cl. The van der Waals surface area contributed by atoms with E-state index in [9.17, 15) is 0 Å². The van der Waals surface area contributed by atoms with Crippen LogP contribution in [0.1, 0.15) is 0 Å². The van der Waals surface area contributed by atoms with E-state index in [1.54, 1.807) is 19.4 Å². The second-order valence-electron chi connectivity index (χ2n) is 2.92. The van der Waals surface area contributed by atoms with Gasteiger partial charge in [0.2, 0.25) is 0 Å². The van der Waals surface area contributed by atoms with E-state index in [1.807, 2.05) is 0 Å². The molecule has 0 fully saturated rings. The first kappa shape index (κ1) is 13.0. The van der Waals surface area contributed by atoms with Gasteiger partial charge in [0.25, 0.3) is 0 Å². The molecule has 1 unspecified atom stereocenters. The third-order valence-electron chi connectivity index (χ3n) is 1.65. The van der Waals surface area contributed by atoms with Crippen LogP contribution in [0.2, 0.25) is 5.02 Å². The van der Waals surface area contributed by atoms with E-state index in [1.165, 1.54) is 0 Å². The van der Waals surface area contributed by atoms with E-state index in [0.717, 1.165) is 4.47 Å². The van der Waals surface area contributed by atoms with Gasteiger partial charge in [-0.2, -0.15) is 0 Å². The number of pyridine rings is 1. The molecule has 0 saturated heterocycles. The van der Waals surface area contributed by atoms with Crippen molar-refractivity contribution >= 4 is 44.9 Å². The number of methoxy groups -OCH3 is 1. The van der Waals surface area contributed by atoms with Crippen molar-refractivity contribution in [3.8, 4) is 0 Å². The highest BCUT2D eigenvalue weighted by Crippen LogP contribution is 2.22. The van der Waals surface area contributed by atoms with Gasteiger partial charge in [0.1, 0.15) is 5.82 Å². The predicted molar refractivity (Wildman–Crippen MR) is 67.0 cm³/mol. The molecule has 0 aliphatic rings. The molecular formula is C9H11BrCl2N2O. The molecule has 84 valence electrons. The number of alkyl halides is 1. The number of aromatic nitrogens is 1. The van der Waals surface area contributed by atoms with Gasteiger partial charge in [-0.05, 0) is 22.0 Å². The highest BCUT2D eigenvalue weighted by molar-refractivity contribution is 9.10. The molecule has 3 nitrogen and oxygen atoms in total. The summed E-state index contributed by atoms with van der Waals surface area (Å²) in [6, 6.07) is 1.77. The molecule has 0 aliphatic carbocycles. The van der Waals surface area contributed by atoms with Crippen LogP contribution < -0.4 is 5.32 Å². The first-order valence-electron chi connectivity index (χ1n) is 4.31. The lowest BCUT2D eigenvalue weighted by molar-refractivity contribution is 0.200. The minimum absolute atomic E-state index is 0.100. The number of halogens is 3. The van der Waals surface area contributed by atoms with Crippen molar-refractivity contribution < 1.29 is 4.74 Å².